The van der Waals surface area contributed by atoms with E-state index in [1.54, 1.807) is 0 Å². The zero-order valence-electron chi connectivity index (χ0n) is 10.1. The normalized spacial score (nSPS) is 9.28. The van der Waals surface area contributed by atoms with E-state index in [4.69, 9.17) is 21.1 Å². The monoisotopic (exact) mass is 255 g/mol. The van der Waals surface area contributed by atoms with Gasteiger partial charge in [0.25, 0.3) is 0 Å². The van der Waals surface area contributed by atoms with Crippen LogP contribution in [0.2, 0.25) is 0 Å². The molecule has 0 fully saturated rings. The number of carboxylic acid groups (broad SMARTS) is 2. The minimum absolute atomic E-state index is 0.0277. The van der Waals surface area contributed by atoms with Gasteiger partial charge in [0.1, 0.15) is 0 Å². The average molecular weight is 255 g/mol. The summed E-state index contributed by atoms with van der Waals surface area (Å²) in [4.78, 5) is 21.2. The van der Waals surface area contributed by atoms with Crippen molar-refractivity contribution in [1.82, 2.24) is 0 Å². The molecule has 0 unspecified atom stereocenters. The van der Waals surface area contributed by atoms with Gasteiger partial charge in [0.2, 0.25) is 0 Å². The van der Waals surface area contributed by atoms with Crippen LogP contribution in [0.15, 0.2) is 18.2 Å². The first kappa shape index (κ1) is 16.1. The lowest BCUT2D eigenvalue weighted by molar-refractivity contribution is 0.0696. The number of aliphatic hydroxyl groups is 1. The Morgan fingerprint density at radius 2 is 1.61 bits per heavy atom. The Labute approximate surface area is 105 Å². The van der Waals surface area contributed by atoms with Gasteiger partial charge in [-0.25, -0.2) is 9.59 Å². The topological polar surface area (TPSA) is 121 Å². The molecule has 5 N–H and O–H groups in total. The number of carbonyl (C=O) groups is 2. The van der Waals surface area contributed by atoms with Gasteiger partial charge in [-0.05, 0) is 37.6 Å². The lowest BCUT2D eigenvalue weighted by Gasteiger charge is -2.03. The summed E-state index contributed by atoms with van der Waals surface area (Å²) >= 11 is 0. The van der Waals surface area contributed by atoms with Crippen molar-refractivity contribution in [3.8, 4) is 0 Å². The summed E-state index contributed by atoms with van der Waals surface area (Å²) < 4.78 is 0. The fraction of sp³-hybridized carbons (Fsp3) is 0.333. The summed E-state index contributed by atoms with van der Waals surface area (Å²) in [7, 11) is 0. The van der Waals surface area contributed by atoms with Crippen molar-refractivity contribution in [2.45, 2.75) is 13.3 Å². The zero-order chi connectivity index (χ0) is 14.1. The summed E-state index contributed by atoms with van der Waals surface area (Å²) in [6.45, 7) is 2.29. The molecule has 0 heterocycles. The lowest BCUT2D eigenvalue weighted by Crippen LogP contribution is -2.06. The maximum atomic E-state index is 10.6. The molecule has 18 heavy (non-hydrogen) atoms. The lowest BCUT2D eigenvalue weighted by atomic mass is 10.0. The predicted molar refractivity (Wildman–Crippen MR) is 65.9 cm³/mol. The second-order valence-corrected chi connectivity index (χ2v) is 3.45. The highest BCUT2D eigenvalue weighted by Gasteiger charge is 2.13. The molecule has 6 nitrogen and oxygen atoms in total. The molecule has 0 bridgehead atoms. The van der Waals surface area contributed by atoms with Crippen LogP contribution in [-0.2, 0) is 0 Å². The maximum absolute atomic E-state index is 10.6. The van der Waals surface area contributed by atoms with Crippen molar-refractivity contribution in [2.24, 2.45) is 5.73 Å². The van der Waals surface area contributed by atoms with Crippen molar-refractivity contribution in [3.63, 3.8) is 0 Å². The fourth-order valence-corrected chi connectivity index (χ4v) is 1.19. The molecule has 1 rings (SSSR count). The maximum Gasteiger partial charge on any atom is 0.335 e. The molecule has 0 amide bonds. The van der Waals surface area contributed by atoms with Crippen LogP contribution >= 0.6 is 0 Å². The molecule has 0 aliphatic carbocycles. The highest BCUT2D eigenvalue weighted by Crippen LogP contribution is 2.13. The molecule has 0 atom stereocenters. The van der Waals surface area contributed by atoms with Crippen molar-refractivity contribution >= 4 is 11.9 Å². The van der Waals surface area contributed by atoms with Crippen LogP contribution in [0.5, 0.6) is 0 Å². The van der Waals surface area contributed by atoms with E-state index >= 15 is 0 Å². The van der Waals surface area contributed by atoms with Gasteiger partial charge in [0.05, 0.1) is 11.1 Å². The van der Waals surface area contributed by atoms with Gasteiger partial charge in [-0.3, -0.25) is 0 Å². The van der Waals surface area contributed by atoms with E-state index in [1.165, 1.54) is 25.1 Å². The molecule has 0 radical (unpaired) electrons. The Morgan fingerprint density at radius 1 is 1.17 bits per heavy atom. The first-order valence-electron chi connectivity index (χ1n) is 5.32. The summed E-state index contributed by atoms with van der Waals surface area (Å²) in [5, 5.41) is 25.3. The summed E-state index contributed by atoms with van der Waals surface area (Å²) in [6.07, 6.45) is 0.722. The first-order valence-corrected chi connectivity index (χ1v) is 5.32. The average Bonchev–Trinajstić information content (AvgIpc) is 2.30. The minimum atomic E-state index is -1.11. The SMILES string of the molecule is Cc1c(C(=O)O)cccc1C(=O)O.NCCCO. The fourth-order valence-electron chi connectivity index (χ4n) is 1.19. The molecule has 0 saturated carbocycles. The van der Waals surface area contributed by atoms with Gasteiger partial charge in [-0.1, -0.05) is 6.07 Å². The minimum Gasteiger partial charge on any atom is -0.478 e. The largest absolute Gasteiger partial charge is 0.478 e. The van der Waals surface area contributed by atoms with Crippen molar-refractivity contribution in [1.29, 1.82) is 0 Å². The number of hydrogen-bond donors (Lipinski definition) is 4. The third-order valence-electron chi connectivity index (χ3n) is 2.16. The summed E-state index contributed by atoms with van der Waals surface area (Å²) in [5.74, 6) is -2.22. The van der Waals surface area contributed by atoms with E-state index in [-0.39, 0.29) is 23.3 Å². The van der Waals surface area contributed by atoms with Crippen LogP contribution in [0, 0.1) is 6.92 Å². The van der Waals surface area contributed by atoms with E-state index in [0.717, 1.165) is 6.42 Å². The number of benzene rings is 1. The first-order chi connectivity index (χ1) is 8.45. The molecule has 0 aromatic heterocycles. The van der Waals surface area contributed by atoms with Gasteiger partial charge in [0, 0.05) is 6.61 Å². The second-order valence-electron chi connectivity index (χ2n) is 3.45. The van der Waals surface area contributed by atoms with Crippen LogP contribution < -0.4 is 5.73 Å². The summed E-state index contributed by atoms with van der Waals surface area (Å²) in [6, 6.07) is 4.17. The van der Waals surface area contributed by atoms with E-state index in [9.17, 15) is 9.59 Å². The van der Waals surface area contributed by atoms with Gasteiger partial charge in [-0.2, -0.15) is 0 Å². The molecule has 0 saturated heterocycles. The van der Waals surface area contributed by atoms with E-state index in [2.05, 4.69) is 0 Å². The highest BCUT2D eigenvalue weighted by atomic mass is 16.4. The van der Waals surface area contributed by atoms with Crippen LogP contribution in [-0.4, -0.2) is 40.4 Å². The van der Waals surface area contributed by atoms with Crippen LogP contribution in [0.25, 0.3) is 0 Å². The van der Waals surface area contributed by atoms with Crippen LogP contribution in [0.3, 0.4) is 0 Å². The van der Waals surface area contributed by atoms with Gasteiger partial charge in [0.15, 0.2) is 0 Å². The Balaban J connectivity index is 0.000000494. The number of aromatic carboxylic acids is 2. The smallest absolute Gasteiger partial charge is 0.335 e. The standard InChI is InChI=1S/C9H8O4.C3H9NO/c1-5-6(8(10)11)3-2-4-7(5)9(12)13;4-2-1-3-5/h2-4H,1H3,(H,10,11)(H,12,13);5H,1-4H2. The van der Waals surface area contributed by atoms with E-state index < -0.39 is 11.9 Å². The number of carboxylic acids is 2. The number of rotatable bonds is 4. The summed E-state index contributed by atoms with van der Waals surface area (Å²) in [5.41, 5.74) is 5.31. The third-order valence-corrected chi connectivity index (χ3v) is 2.16. The Bertz CT molecular complexity index is 383. The molecule has 6 heteroatoms. The number of nitrogens with two attached hydrogens (primary N) is 1. The van der Waals surface area contributed by atoms with Gasteiger partial charge in [-0.15, -0.1) is 0 Å². The van der Waals surface area contributed by atoms with Crippen LogP contribution in [0.1, 0.15) is 32.7 Å². The zero-order valence-corrected chi connectivity index (χ0v) is 10.1. The van der Waals surface area contributed by atoms with Crippen molar-refractivity contribution in [3.05, 3.63) is 34.9 Å². The highest BCUT2D eigenvalue weighted by molar-refractivity contribution is 5.96. The molecular formula is C12H17NO5. The van der Waals surface area contributed by atoms with E-state index in [0.29, 0.717) is 6.54 Å². The third kappa shape index (κ3) is 4.94. The molecule has 0 aliphatic rings. The molecule has 1 aromatic rings. The van der Waals surface area contributed by atoms with Gasteiger partial charge < -0.3 is 21.1 Å². The molecule has 1 aromatic carbocycles. The van der Waals surface area contributed by atoms with Crippen molar-refractivity contribution in [2.75, 3.05) is 13.2 Å². The molecular weight excluding hydrogens is 238 g/mol. The Hall–Kier alpha value is -1.92. The number of aliphatic hydroxyl groups excluding tert-OH is 1. The Morgan fingerprint density at radius 3 is 1.83 bits per heavy atom. The van der Waals surface area contributed by atoms with Crippen molar-refractivity contribution < 1.29 is 24.9 Å². The molecule has 0 aliphatic heterocycles. The second kappa shape index (κ2) is 8.21. The molecule has 100 valence electrons. The Kier molecular flexibility index (Phi) is 7.34. The van der Waals surface area contributed by atoms with E-state index in [1.807, 2.05) is 0 Å². The van der Waals surface area contributed by atoms with Gasteiger partial charge >= 0.3 is 11.9 Å². The number of hydrogen-bond acceptors (Lipinski definition) is 4. The molecule has 0 spiro atoms. The van der Waals surface area contributed by atoms with Crippen LogP contribution in [0.4, 0.5) is 0 Å². The quantitative estimate of drug-likeness (QED) is 0.629. The predicted octanol–water partition coefficient (Wildman–Crippen LogP) is 0.719.